The summed E-state index contributed by atoms with van der Waals surface area (Å²) in [6.45, 7) is 1.06. The summed E-state index contributed by atoms with van der Waals surface area (Å²) in [5, 5.41) is 2.65. The molecule has 180 valence electrons. The normalized spacial score (nSPS) is 16.4. The maximum Gasteiger partial charge on any atom is 0.247 e. The van der Waals surface area contributed by atoms with Gasteiger partial charge in [-0.25, -0.2) is 16.8 Å². The predicted octanol–water partition coefficient (Wildman–Crippen LogP) is 1.29. The molecule has 33 heavy (non-hydrogen) atoms. The highest BCUT2D eigenvalue weighted by Crippen LogP contribution is 2.31. The minimum absolute atomic E-state index is 0.0202. The smallest absolute Gasteiger partial charge is 0.247 e. The molecule has 1 saturated heterocycles. The second-order valence-electron chi connectivity index (χ2n) is 7.46. The van der Waals surface area contributed by atoms with Crippen LogP contribution in [0.2, 0.25) is 0 Å². The molecule has 1 heterocycles. The number of morpholine rings is 1. The highest BCUT2D eigenvalue weighted by atomic mass is 32.2. The Morgan fingerprint density at radius 1 is 1.09 bits per heavy atom. The van der Waals surface area contributed by atoms with Crippen molar-refractivity contribution in [2.24, 2.45) is 0 Å². The summed E-state index contributed by atoms with van der Waals surface area (Å²) in [5.41, 5.74) is 0.568. The minimum Gasteiger partial charge on any atom is -0.495 e. The van der Waals surface area contributed by atoms with Gasteiger partial charge in [0.15, 0.2) is 0 Å². The van der Waals surface area contributed by atoms with Gasteiger partial charge >= 0.3 is 0 Å². The van der Waals surface area contributed by atoms with E-state index < -0.39 is 32.0 Å². The van der Waals surface area contributed by atoms with Gasteiger partial charge in [-0.05, 0) is 23.8 Å². The molecule has 0 bridgehead atoms. The van der Waals surface area contributed by atoms with E-state index in [0.717, 1.165) is 10.6 Å². The molecule has 1 atom stereocenters. The lowest BCUT2D eigenvalue weighted by atomic mass is 10.1. The number of nitrogens with zero attached hydrogens (tertiary/aromatic N) is 2. The van der Waals surface area contributed by atoms with Crippen LogP contribution in [0.3, 0.4) is 0 Å². The molecule has 3 rings (SSSR count). The largest absolute Gasteiger partial charge is 0.495 e. The predicted molar refractivity (Wildman–Crippen MR) is 123 cm³/mol. The summed E-state index contributed by atoms with van der Waals surface area (Å²) in [6.07, 6.45) is 1.01. The molecule has 0 aromatic heterocycles. The zero-order valence-corrected chi connectivity index (χ0v) is 20.2. The molecule has 0 spiro atoms. The van der Waals surface area contributed by atoms with E-state index in [9.17, 15) is 21.6 Å². The Labute approximate surface area is 194 Å². The number of hydrogen-bond acceptors (Lipinski definition) is 7. The van der Waals surface area contributed by atoms with E-state index in [1.54, 1.807) is 30.3 Å². The summed E-state index contributed by atoms with van der Waals surface area (Å²) in [5.74, 6) is -0.425. The number of hydrogen-bond donors (Lipinski definition) is 1. The van der Waals surface area contributed by atoms with Gasteiger partial charge in [-0.3, -0.25) is 4.79 Å². The number of carbonyl (C=O) groups excluding carboxylic acids is 1. The summed E-state index contributed by atoms with van der Waals surface area (Å²) >= 11 is 0. The molecule has 1 amide bonds. The van der Waals surface area contributed by atoms with Crippen LogP contribution in [0.25, 0.3) is 0 Å². The van der Waals surface area contributed by atoms with Gasteiger partial charge in [0.2, 0.25) is 26.0 Å². The third kappa shape index (κ3) is 5.71. The standard InChI is InChI=1S/C21H27N3O7S2/c1-23(32(3,26)27)20(16-7-5-4-6-8-16)21(25)22-18-15-17(9-10-19(18)30-2)33(28,29)24-11-13-31-14-12-24/h4-10,15,20H,11-14H2,1-3H3,(H,22,25)/t20-/m0/s1. The van der Waals surface area contributed by atoms with Crippen LogP contribution in [-0.4, -0.2) is 78.1 Å². The van der Waals surface area contributed by atoms with Crippen molar-refractivity contribution in [1.82, 2.24) is 8.61 Å². The molecule has 1 aliphatic heterocycles. The Kier molecular flexibility index (Phi) is 7.75. The summed E-state index contributed by atoms with van der Waals surface area (Å²) < 4.78 is 63.3. The molecule has 2 aromatic rings. The molecule has 2 aromatic carbocycles. The van der Waals surface area contributed by atoms with Gasteiger partial charge in [-0.1, -0.05) is 30.3 Å². The van der Waals surface area contributed by atoms with Crippen molar-refractivity contribution >= 4 is 31.6 Å². The van der Waals surface area contributed by atoms with Crippen LogP contribution in [0.4, 0.5) is 5.69 Å². The van der Waals surface area contributed by atoms with Gasteiger partial charge in [0.25, 0.3) is 0 Å². The average Bonchev–Trinajstić information content (AvgIpc) is 2.79. The van der Waals surface area contributed by atoms with E-state index in [1.807, 2.05) is 0 Å². The first-order chi connectivity index (χ1) is 15.6. The fourth-order valence-electron chi connectivity index (χ4n) is 3.44. The van der Waals surface area contributed by atoms with E-state index in [1.165, 1.54) is 36.7 Å². The number of benzene rings is 2. The molecule has 0 saturated carbocycles. The molecule has 1 N–H and O–H groups in total. The average molecular weight is 498 g/mol. The first-order valence-corrected chi connectivity index (χ1v) is 13.4. The molecule has 0 unspecified atom stereocenters. The summed E-state index contributed by atoms with van der Waals surface area (Å²) in [7, 11) is -4.84. The summed E-state index contributed by atoms with van der Waals surface area (Å²) in [4.78, 5) is 13.3. The lowest BCUT2D eigenvalue weighted by Crippen LogP contribution is -2.40. The molecule has 0 aliphatic carbocycles. The number of likely N-dealkylation sites (N-methyl/N-ethyl adjacent to an activating group) is 1. The fourth-order valence-corrected chi connectivity index (χ4v) is 5.47. The van der Waals surface area contributed by atoms with Crippen molar-refractivity contribution in [3.05, 3.63) is 54.1 Å². The van der Waals surface area contributed by atoms with Gasteiger partial charge in [0.1, 0.15) is 11.8 Å². The molecular formula is C21H27N3O7S2. The third-order valence-corrected chi connectivity index (χ3v) is 8.44. The molecule has 0 radical (unpaired) electrons. The highest BCUT2D eigenvalue weighted by molar-refractivity contribution is 7.89. The SMILES string of the molecule is COc1ccc(S(=O)(=O)N2CCOCC2)cc1NC(=O)[C@H](c1ccccc1)N(C)S(C)(=O)=O. The van der Waals surface area contributed by atoms with Gasteiger partial charge in [-0.2, -0.15) is 8.61 Å². The zero-order valence-electron chi connectivity index (χ0n) is 18.6. The number of amides is 1. The molecule has 1 aliphatic rings. The van der Waals surface area contributed by atoms with Crippen molar-refractivity contribution in [2.75, 3.05) is 52.0 Å². The molecular weight excluding hydrogens is 470 g/mol. The van der Waals surface area contributed by atoms with Gasteiger partial charge in [0, 0.05) is 20.1 Å². The maximum atomic E-state index is 13.3. The lowest BCUT2D eigenvalue weighted by molar-refractivity contribution is -0.119. The number of rotatable bonds is 8. The van der Waals surface area contributed by atoms with Crippen LogP contribution < -0.4 is 10.1 Å². The number of anilines is 1. The van der Waals surface area contributed by atoms with E-state index >= 15 is 0 Å². The van der Waals surface area contributed by atoms with E-state index in [0.29, 0.717) is 18.8 Å². The first-order valence-electron chi connectivity index (χ1n) is 10.1. The van der Waals surface area contributed by atoms with E-state index in [-0.39, 0.29) is 29.4 Å². The van der Waals surface area contributed by atoms with Gasteiger partial charge < -0.3 is 14.8 Å². The second kappa shape index (κ2) is 10.2. The van der Waals surface area contributed by atoms with Crippen molar-refractivity contribution in [2.45, 2.75) is 10.9 Å². The van der Waals surface area contributed by atoms with Crippen LogP contribution in [0, 0.1) is 0 Å². The van der Waals surface area contributed by atoms with Crippen molar-refractivity contribution in [3.63, 3.8) is 0 Å². The minimum atomic E-state index is -3.82. The maximum absolute atomic E-state index is 13.3. The van der Waals surface area contributed by atoms with E-state index in [2.05, 4.69) is 5.32 Å². The van der Waals surface area contributed by atoms with Crippen molar-refractivity contribution < 1.29 is 31.1 Å². The van der Waals surface area contributed by atoms with Crippen LogP contribution in [0.1, 0.15) is 11.6 Å². The van der Waals surface area contributed by atoms with Crippen LogP contribution in [0.15, 0.2) is 53.4 Å². The fraction of sp³-hybridized carbons (Fsp3) is 0.381. The van der Waals surface area contributed by atoms with Gasteiger partial charge in [-0.15, -0.1) is 0 Å². The van der Waals surface area contributed by atoms with Crippen molar-refractivity contribution in [3.8, 4) is 5.75 Å². The molecule has 1 fully saturated rings. The number of nitrogens with one attached hydrogen (secondary N) is 1. The van der Waals surface area contributed by atoms with Crippen molar-refractivity contribution in [1.29, 1.82) is 0 Å². The van der Waals surface area contributed by atoms with Gasteiger partial charge in [0.05, 0.1) is 37.2 Å². The number of methoxy groups -OCH3 is 1. The third-order valence-electron chi connectivity index (χ3n) is 5.29. The van der Waals surface area contributed by atoms with Crippen LogP contribution in [0.5, 0.6) is 5.75 Å². The number of sulfonamides is 2. The second-order valence-corrected chi connectivity index (χ2v) is 11.4. The van der Waals surface area contributed by atoms with Crippen LogP contribution in [-0.2, 0) is 29.6 Å². The Bertz CT molecular complexity index is 1200. The first kappa shape index (κ1) is 25.1. The van der Waals surface area contributed by atoms with Crippen LogP contribution >= 0.6 is 0 Å². The Balaban J connectivity index is 1.97. The summed E-state index contributed by atoms with van der Waals surface area (Å²) in [6, 6.07) is 11.4. The zero-order chi connectivity index (χ0) is 24.2. The quantitative estimate of drug-likeness (QED) is 0.583. The topological polar surface area (TPSA) is 122 Å². The molecule has 12 heteroatoms. The monoisotopic (exact) mass is 497 g/mol. The Morgan fingerprint density at radius 2 is 1.73 bits per heavy atom. The van der Waals surface area contributed by atoms with E-state index in [4.69, 9.17) is 9.47 Å². The molecule has 10 nitrogen and oxygen atoms in total. The Hall–Kier alpha value is -2.51. The number of carbonyl (C=O) groups is 1. The number of ether oxygens (including phenoxy) is 2. The Morgan fingerprint density at radius 3 is 2.30 bits per heavy atom. The highest BCUT2D eigenvalue weighted by Gasteiger charge is 2.32. The lowest BCUT2D eigenvalue weighted by Gasteiger charge is -2.27.